The minimum atomic E-state index is -0.184. The molecule has 1 aromatic rings. The molecule has 1 saturated carbocycles. The highest BCUT2D eigenvalue weighted by atomic mass is 16.3. The first kappa shape index (κ1) is 23.0. The first-order valence-corrected chi connectivity index (χ1v) is 11.9. The van der Waals surface area contributed by atoms with Crippen LogP contribution in [-0.4, -0.2) is 36.8 Å². The Morgan fingerprint density at radius 3 is 2.77 bits per heavy atom. The molecule has 164 valence electrons. The van der Waals surface area contributed by atoms with Gasteiger partial charge in [-0.05, 0) is 83.0 Å². The van der Waals surface area contributed by atoms with Crippen molar-refractivity contribution in [3.05, 3.63) is 71.3 Å². The highest BCUT2D eigenvalue weighted by Crippen LogP contribution is 2.48. The quantitative estimate of drug-likeness (QED) is 0.280. The number of benzene rings is 1. The Balaban J connectivity index is 1.47. The molecule has 0 amide bonds. The van der Waals surface area contributed by atoms with E-state index in [4.69, 9.17) is 0 Å². The summed E-state index contributed by atoms with van der Waals surface area (Å²) in [6, 6.07) is 8.73. The van der Waals surface area contributed by atoms with Crippen LogP contribution in [0.5, 0.6) is 0 Å². The van der Waals surface area contributed by atoms with Crippen LogP contribution in [0.2, 0.25) is 0 Å². The molecular weight excluding hydrogens is 366 g/mol. The van der Waals surface area contributed by atoms with E-state index in [9.17, 15) is 5.11 Å². The van der Waals surface area contributed by atoms with Crippen molar-refractivity contribution < 1.29 is 5.11 Å². The largest absolute Gasteiger partial charge is 0.392 e. The van der Waals surface area contributed by atoms with Crippen molar-refractivity contribution in [2.45, 2.75) is 64.4 Å². The molecule has 0 saturated heterocycles. The van der Waals surface area contributed by atoms with E-state index in [1.807, 2.05) is 0 Å². The molecule has 1 fully saturated rings. The zero-order chi connectivity index (χ0) is 21.5. The average molecular weight is 408 g/mol. The highest BCUT2D eigenvalue weighted by molar-refractivity contribution is 5.29. The fourth-order valence-electron chi connectivity index (χ4n) is 5.24. The third-order valence-electron chi connectivity index (χ3n) is 6.97. The second-order valence-corrected chi connectivity index (χ2v) is 9.82. The summed E-state index contributed by atoms with van der Waals surface area (Å²) in [4.78, 5) is 2.27. The molecule has 0 heterocycles. The molecule has 0 aliphatic heterocycles. The van der Waals surface area contributed by atoms with Gasteiger partial charge in [-0.15, -0.1) is 0 Å². The van der Waals surface area contributed by atoms with Crippen molar-refractivity contribution in [2.75, 3.05) is 20.6 Å². The van der Waals surface area contributed by atoms with Crippen LogP contribution in [-0.2, 0) is 0 Å². The first-order valence-electron chi connectivity index (χ1n) is 11.9. The number of aliphatic hydroxyl groups is 1. The molecular formula is C28H41NO. The smallest absolute Gasteiger partial charge is 0.0611 e. The van der Waals surface area contributed by atoms with E-state index in [1.165, 1.54) is 49.8 Å². The number of hydrogen-bond donors (Lipinski definition) is 1. The minimum absolute atomic E-state index is 0.184. The van der Waals surface area contributed by atoms with Gasteiger partial charge in [-0.1, -0.05) is 79.1 Å². The summed E-state index contributed by atoms with van der Waals surface area (Å²) >= 11 is 0. The summed E-state index contributed by atoms with van der Waals surface area (Å²) in [5.41, 5.74) is 4.31. The van der Waals surface area contributed by atoms with Crippen LogP contribution in [0.4, 0.5) is 0 Å². The molecule has 3 rings (SSSR count). The maximum atomic E-state index is 10.6. The molecule has 0 spiro atoms. The monoisotopic (exact) mass is 407 g/mol. The van der Waals surface area contributed by atoms with Crippen molar-refractivity contribution in [1.29, 1.82) is 0 Å². The Labute approximate surface area is 184 Å². The molecule has 2 heteroatoms. The second kappa shape index (κ2) is 11.1. The molecule has 1 N–H and O–H groups in total. The molecule has 0 radical (unpaired) electrons. The Kier molecular flexibility index (Phi) is 8.53. The summed E-state index contributed by atoms with van der Waals surface area (Å²) in [5, 5.41) is 10.6. The SMILES string of the molecule is Cc1cccc(C(C)/C=C/C=C/[C@@H]2[C@H]3CC(CCCCCN(C)C)=C[C@H]3C[C@H]2O)c1. The van der Waals surface area contributed by atoms with E-state index in [0.29, 0.717) is 23.7 Å². The lowest BCUT2D eigenvalue weighted by Crippen LogP contribution is -2.16. The van der Waals surface area contributed by atoms with Gasteiger partial charge in [0.15, 0.2) is 0 Å². The molecule has 5 atom stereocenters. The van der Waals surface area contributed by atoms with Crippen LogP contribution in [0, 0.1) is 24.7 Å². The van der Waals surface area contributed by atoms with Gasteiger partial charge in [0, 0.05) is 5.92 Å². The number of hydrogen-bond acceptors (Lipinski definition) is 2. The van der Waals surface area contributed by atoms with E-state index in [1.54, 1.807) is 5.57 Å². The molecule has 2 aliphatic rings. The van der Waals surface area contributed by atoms with E-state index >= 15 is 0 Å². The number of fused-ring (bicyclic) bond motifs is 1. The van der Waals surface area contributed by atoms with E-state index < -0.39 is 0 Å². The lowest BCUT2D eigenvalue weighted by molar-refractivity contribution is 0.141. The summed E-state index contributed by atoms with van der Waals surface area (Å²) in [6.45, 7) is 5.58. The van der Waals surface area contributed by atoms with E-state index in [-0.39, 0.29) is 6.10 Å². The molecule has 1 unspecified atom stereocenters. The van der Waals surface area contributed by atoms with Crippen LogP contribution >= 0.6 is 0 Å². The van der Waals surface area contributed by atoms with Gasteiger partial charge in [0.25, 0.3) is 0 Å². The van der Waals surface area contributed by atoms with Crippen LogP contribution < -0.4 is 0 Å². The standard InChI is InChI=1S/C28H41NO/c1-21-11-10-14-24(17-21)22(2)12-7-8-15-26-27-19-23(18-25(27)20-28(26)30)13-6-5-9-16-29(3)4/h7-8,10-12,14-15,17-18,22,25-28,30H,5-6,9,13,16,19-20H2,1-4H3/b12-7+,15-8+/t22?,25-,26+,27-,28+/m0/s1. The van der Waals surface area contributed by atoms with Gasteiger partial charge >= 0.3 is 0 Å². The minimum Gasteiger partial charge on any atom is -0.392 e. The van der Waals surface area contributed by atoms with Crippen molar-refractivity contribution in [1.82, 2.24) is 4.90 Å². The van der Waals surface area contributed by atoms with Crippen LogP contribution in [0.1, 0.15) is 62.5 Å². The first-order chi connectivity index (χ1) is 14.4. The number of nitrogens with zero attached hydrogens (tertiary/aromatic N) is 1. The number of aliphatic hydroxyl groups excluding tert-OH is 1. The third-order valence-corrected chi connectivity index (χ3v) is 6.97. The van der Waals surface area contributed by atoms with Crippen molar-refractivity contribution in [3.63, 3.8) is 0 Å². The highest BCUT2D eigenvalue weighted by Gasteiger charge is 2.42. The number of allylic oxidation sites excluding steroid dienone is 5. The van der Waals surface area contributed by atoms with Gasteiger partial charge < -0.3 is 10.0 Å². The van der Waals surface area contributed by atoms with Gasteiger partial charge in [0.2, 0.25) is 0 Å². The fraction of sp³-hybridized carbons (Fsp3) is 0.571. The maximum Gasteiger partial charge on any atom is 0.0611 e. The van der Waals surface area contributed by atoms with Gasteiger partial charge in [-0.25, -0.2) is 0 Å². The van der Waals surface area contributed by atoms with Crippen LogP contribution in [0.25, 0.3) is 0 Å². The zero-order valence-corrected chi connectivity index (χ0v) is 19.4. The topological polar surface area (TPSA) is 23.5 Å². The van der Waals surface area contributed by atoms with Crippen LogP contribution in [0.15, 0.2) is 60.2 Å². The second-order valence-electron chi connectivity index (χ2n) is 9.82. The normalized spacial score (nSPS) is 27.3. The molecule has 0 aromatic heterocycles. The summed E-state index contributed by atoms with van der Waals surface area (Å²) in [7, 11) is 4.30. The lowest BCUT2D eigenvalue weighted by atomic mass is 9.88. The summed E-state index contributed by atoms with van der Waals surface area (Å²) in [5.74, 6) is 1.90. The Hall–Kier alpha value is -1.64. The van der Waals surface area contributed by atoms with Gasteiger partial charge in [-0.3, -0.25) is 0 Å². The number of rotatable bonds is 10. The summed E-state index contributed by atoms with van der Waals surface area (Å²) in [6.07, 6.45) is 18.5. The molecule has 0 bridgehead atoms. The molecule has 30 heavy (non-hydrogen) atoms. The number of unbranched alkanes of at least 4 members (excludes halogenated alkanes) is 2. The third kappa shape index (κ3) is 6.43. The van der Waals surface area contributed by atoms with Gasteiger partial charge in [0.05, 0.1) is 6.10 Å². The van der Waals surface area contributed by atoms with Crippen LogP contribution in [0.3, 0.4) is 0 Å². The number of aryl methyl sites for hydroxylation is 1. The zero-order valence-electron chi connectivity index (χ0n) is 19.4. The van der Waals surface area contributed by atoms with E-state index in [2.05, 4.69) is 87.5 Å². The van der Waals surface area contributed by atoms with Crippen molar-refractivity contribution in [2.24, 2.45) is 17.8 Å². The van der Waals surface area contributed by atoms with Gasteiger partial charge in [-0.2, -0.15) is 0 Å². The Bertz CT molecular complexity index is 760. The molecule has 1 aromatic carbocycles. The lowest BCUT2D eigenvalue weighted by Gasteiger charge is -2.18. The van der Waals surface area contributed by atoms with E-state index in [0.717, 1.165) is 6.42 Å². The maximum absolute atomic E-state index is 10.6. The predicted octanol–water partition coefficient (Wildman–Crippen LogP) is 6.28. The fourth-order valence-corrected chi connectivity index (χ4v) is 5.24. The Morgan fingerprint density at radius 1 is 1.17 bits per heavy atom. The molecule has 2 nitrogen and oxygen atoms in total. The van der Waals surface area contributed by atoms with Crippen molar-refractivity contribution in [3.8, 4) is 0 Å². The van der Waals surface area contributed by atoms with Crippen molar-refractivity contribution >= 4 is 0 Å². The van der Waals surface area contributed by atoms with Gasteiger partial charge in [0.1, 0.15) is 0 Å². The molecule has 2 aliphatic carbocycles. The summed E-state index contributed by atoms with van der Waals surface area (Å²) < 4.78 is 0. The Morgan fingerprint density at radius 2 is 2.00 bits per heavy atom. The average Bonchev–Trinajstić information content (AvgIpc) is 3.21. The predicted molar refractivity (Wildman–Crippen MR) is 129 cm³/mol.